The molecule has 4 heteroatoms. The third kappa shape index (κ3) is 3.45. The van der Waals surface area contributed by atoms with Crippen molar-refractivity contribution in [3.63, 3.8) is 0 Å². The second-order valence-corrected chi connectivity index (χ2v) is 6.18. The highest BCUT2D eigenvalue weighted by Crippen LogP contribution is 2.33. The fourth-order valence-corrected chi connectivity index (χ4v) is 3.51. The van der Waals surface area contributed by atoms with Gasteiger partial charge in [-0.1, -0.05) is 19.8 Å². The first kappa shape index (κ1) is 13.8. The summed E-state index contributed by atoms with van der Waals surface area (Å²) in [7, 11) is 0. The van der Waals surface area contributed by atoms with E-state index in [1.807, 2.05) is 0 Å². The summed E-state index contributed by atoms with van der Waals surface area (Å²) in [6.45, 7) is 3.24. The van der Waals surface area contributed by atoms with Gasteiger partial charge in [-0.25, -0.2) is 0 Å². The number of hydrogen-bond acceptors (Lipinski definition) is 3. The Morgan fingerprint density at radius 1 is 1.44 bits per heavy atom. The molecule has 4 nitrogen and oxygen atoms in total. The average molecular weight is 254 g/mol. The fraction of sp³-hybridized carbons (Fsp3) is 0.929. The molecule has 0 aromatic rings. The summed E-state index contributed by atoms with van der Waals surface area (Å²) in [6.07, 6.45) is 7.10. The van der Waals surface area contributed by atoms with Gasteiger partial charge in [0, 0.05) is 24.5 Å². The van der Waals surface area contributed by atoms with Gasteiger partial charge in [-0.05, 0) is 31.6 Å². The molecule has 1 aliphatic heterocycles. The molecule has 0 bridgehead atoms. The zero-order valence-corrected chi connectivity index (χ0v) is 11.4. The Morgan fingerprint density at radius 3 is 3.00 bits per heavy atom. The molecule has 0 aromatic carbocycles. The Bertz CT molecular complexity index is 296. The molecule has 3 N–H and O–H groups in total. The molecule has 3 unspecified atom stereocenters. The van der Waals surface area contributed by atoms with Gasteiger partial charge < -0.3 is 15.7 Å². The largest absolute Gasteiger partial charge is 0.394 e. The third-order valence-corrected chi connectivity index (χ3v) is 4.39. The highest BCUT2D eigenvalue weighted by Gasteiger charge is 2.36. The van der Waals surface area contributed by atoms with Crippen LogP contribution in [-0.4, -0.2) is 35.7 Å². The van der Waals surface area contributed by atoms with Crippen molar-refractivity contribution >= 4 is 5.91 Å². The lowest BCUT2D eigenvalue weighted by molar-refractivity contribution is -0.121. The molecule has 3 atom stereocenters. The van der Waals surface area contributed by atoms with Crippen LogP contribution in [0.3, 0.4) is 0 Å². The monoisotopic (exact) mass is 254 g/mol. The molecule has 1 aliphatic carbocycles. The van der Waals surface area contributed by atoms with Crippen LogP contribution in [0.4, 0.5) is 0 Å². The van der Waals surface area contributed by atoms with E-state index < -0.39 is 0 Å². The number of aliphatic hydroxyl groups excluding tert-OH is 1. The Kier molecular flexibility index (Phi) is 4.62. The van der Waals surface area contributed by atoms with Crippen molar-refractivity contribution in [2.75, 3.05) is 13.2 Å². The second kappa shape index (κ2) is 6.02. The number of carbonyl (C=O) groups is 1. The van der Waals surface area contributed by atoms with E-state index in [-0.39, 0.29) is 24.1 Å². The van der Waals surface area contributed by atoms with Gasteiger partial charge in [-0.2, -0.15) is 0 Å². The van der Waals surface area contributed by atoms with Gasteiger partial charge in [-0.15, -0.1) is 0 Å². The topological polar surface area (TPSA) is 61.4 Å². The van der Waals surface area contributed by atoms with Gasteiger partial charge in [0.15, 0.2) is 0 Å². The van der Waals surface area contributed by atoms with E-state index in [0.717, 1.165) is 32.2 Å². The summed E-state index contributed by atoms with van der Waals surface area (Å²) in [6, 6.07) is 0.227. The van der Waals surface area contributed by atoms with E-state index in [9.17, 15) is 9.90 Å². The summed E-state index contributed by atoms with van der Waals surface area (Å²) in [4.78, 5) is 11.6. The number of rotatable bonds is 3. The number of hydrogen-bond donors (Lipinski definition) is 3. The van der Waals surface area contributed by atoms with Crippen molar-refractivity contribution in [2.45, 2.75) is 63.5 Å². The number of carbonyl (C=O) groups excluding carboxylic acids is 1. The average Bonchev–Trinajstić information content (AvgIpc) is 2.53. The van der Waals surface area contributed by atoms with Gasteiger partial charge in [0.1, 0.15) is 0 Å². The summed E-state index contributed by atoms with van der Waals surface area (Å²) in [5, 5.41) is 16.3. The predicted octanol–water partition coefficient (Wildman–Crippen LogP) is 1.19. The normalized spacial score (nSPS) is 38.0. The third-order valence-electron chi connectivity index (χ3n) is 4.39. The molecule has 0 spiro atoms. The van der Waals surface area contributed by atoms with Crippen LogP contribution in [-0.2, 0) is 4.79 Å². The summed E-state index contributed by atoms with van der Waals surface area (Å²) in [5.74, 6) is 0.806. The minimum absolute atomic E-state index is 0.141. The van der Waals surface area contributed by atoms with Crippen LogP contribution >= 0.6 is 0 Å². The van der Waals surface area contributed by atoms with Crippen LogP contribution in [0.25, 0.3) is 0 Å². The van der Waals surface area contributed by atoms with E-state index in [1.54, 1.807) is 0 Å². The summed E-state index contributed by atoms with van der Waals surface area (Å²) >= 11 is 0. The Morgan fingerprint density at radius 2 is 2.28 bits per heavy atom. The zero-order valence-electron chi connectivity index (χ0n) is 11.4. The first-order chi connectivity index (χ1) is 8.63. The summed E-state index contributed by atoms with van der Waals surface area (Å²) in [5.41, 5.74) is -0.146. The van der Waals surface area contributed by atoms with Gasteiger partial charge in [0.2, 0.25) is 5.91 Å². The Balaban J connectivity index is 1.97. The van der Waals surface area contributed by atoms with Crippen molar-refractivity contribution in [3.8, 4) is 0 Å². The van der Waals surface area contributed by atoms with Crippen molar-refractivity contribution < 1.29 is 9.90 Å². The molecule has 18 heavy (non-hydrogen) atoms. The molecule has 2 fully saturated rings. The molecule has 0 aromatic heterocycles. The smallest absolute Gasteiger partial charge is 0.221 e. The van der Waals surface area contributed by atoms with Crippen LogP contribution < -0.4 is 10.6 Å². The molecule has 2 aliphatic rings. The maximum absolute atomic E-state index is 11.6. The fourth-order valence-electron chi connectivity index (χ4n) is 3.51. The van der Waals surface area contributed by atoms with Crippen LogP contribution in [0.2, 0.25) is 0 Å². The van der Waals surface area contributed by atoms with Gasteiger partial charge in [0.05, 0.1) is 6.61 Å². The first-order valence-electron chi connectivity index (χ1n) is 7.29. The number of amides is 1. The molecule has 1 saturated heterocycles. The van der Waals surface area contributed by atoms with Crippen LogP contribution in [0, 0.1) is 5.92 Å². The van der Waals surface area contributed by atoms with Crippen LogP contribution in [0.5, 0.6) is 0 Å². The SMILES string of the molecule is CC1CCCC(CO)(NC2CCCNC(=O)C2)C1. The molecule has 1 heterocycles. The minimum atomic E-state index is -0.146. The van der Waals surface area contributed by atoms with Crippen molar-refractivity contribution in [2.24, 2.45) is 5.92 Å². The molecule has 104 valence electrons. The van der Waals surface area contributed by atoms with Crippen LogP contribution in [0.15, 0.2) is 0 Å². The predicted molar refractivity (Wildman–Crippen MR) is 71.2 cm³/mol. The van der Waals surface area contributed by atoms with E-state index in [2.05, 4.69) is 17.6 Å². The molecule has 1 saturated carbocycles. The van der Waals surface area contributed by atoms with Crippen molar-refractivity contribution in [1.82, 2.24) is 10.6 Å². The van der Waals surface area contributed by atoms with Gasteiger partial charge in [0.25, 0.3) is 0 Å². The van der Waals surface area contributed by atoms with E-state index in [4.69, 9.17) is 0 Å². The maximum atomic E-state index is 11.6. The second-order valence-electron chi connectivity index (χ2n) is 6.18. The Hall–Kier alpha value is -0.610. The molecule has 0 radical (unpaired) electrons. The highest BCUT2D eigenvalue weighted by atomic mass is 16.3. The van der Waals surface area contributed by atoms with Crippen molar-refractivity contribution in [3.05, 3.63) is 0 Å². The summed E-state index contributed by atoms with van der Waals surface area (Å²) < 4.78 is 0. The van der Waals surface area contributed by atoms with Gasteiger partial charge in [-0.3, -0.25) is 4.79 Å². The first-order valence-corrected chi connectivity index (χ1v) is 7.29. The minimum Gasteiger partial charge on any atom is -0.394 e. The zero-order chi connectivity index (χ0) is 13.0. The maximum Gasteiger partial charge on any atom is 0.221 e. The number of nitrogens with one attached hydrogen (secondary N) is 2. The molecular formula is C14H26N2O2. The van der Waals surface area contributed by atoms with E-state index in [0.29, 0.717) is 12.3 Å². The molecule has 1 amide bonds. The van der Waals surface area contributed by atoms with Gasteiger partial charge >= 0.3 is 0 Å². The standard InChI is InChI=1S/C14H26N2O2/c1-11-4-2-6-14(9-11,10-17)16-12-5-3-7-15-13(18)8-12/h11-12,16-17H,2-10H2,1H3,(H,15,18). The molecule has 2 rings (SSSR count). The van der Waals surface area contributed by atoms with Crippen LogP contribution in [0.1, 0.15) is 51.9 Å². The Labute approximate surface area is 110 Å². The highest BCUT2D eigenvalue weighted by molar-refractivity contribution is 5.76. The molecular weight excluding hydrogens is 228 g/mol. The van der Waals surface area contributed by atoms with Crippen molar-refractivity contribution in [1.29, 1.82) is 0 Å². The number of aliphatic hydroxyl groups is 1. The lowest BCUT2D eigenvalue weighted by Gasteiger charge is -2.42. The lowest BCUT2D eigenvalue weighted by Crippen LogP contribution is -2.55. The lowest BCUT2D eigenvalue weighted by atomic mass is 9.76. The van der Waals surface area contributed by atoms with E-state index in [1.165, 1.54) is 12.8 Å². The quantitative estimate of drug-likeness (QED) is 0.709. The van der Waals surface area contributed by atoms with E-state index >= 15 is 0 Å².